The van der Waals surface area contributed by atoms with Crippen LogP contribution in [0.4, 0.5) is 0 Å². The number of rotatable bonds is 3. The Labute approximate surface area is 114 Å². The van der Waals surface area contributed by atoms with Crippen LogP contribution in [0.5, 0.6) is 0 Å². The van der Waals surface area contributed by atoms with E-state index in [1.54, 1.807) is 6.07 Å². The van der Waals surface area contributed by atoms with E-state index in [0.29, 0.717) is 12.1 Å². The van der Waals surface area contributed by atoms with Crippen molar-refractivity contribution in [1.82, 2.24) is 5.32 Å². The van der Waals surface area contributed by atoms with E-state index in [0.717, 1.165) is 8.95 Å². The van der Waals surface area contributed by atoms with Gasteiger partial charge in [-0.05, 0) is 34.1 Å². The second-order valence-electron chi connectivity index (χ2n) is 3.11. The fraction of sp³-hybridized carbons (Fsp3) is 0.300. The molecule has 1 aromatic carbocycles. The zero-order chi connectivity index (χ0) is 11.4. The number of nitrogens with one attached hydrogen (secondary N) is 1. The van der Waals surface area contributed by atoms with Gasteiger partial charge in [-0.3, -0.25) is 4.79 Å². The van der Waals surface area contributed by atoms with Gasteiger partial charge in [0.2, 0.25) is 0 Å². The SMILES string of the molecule is CC(Br)CNC(=O)c1cc(Br)ccc1Br. The normalized spacial score (nSPS) is 12.3. The van der Waals surface area contributed by atoms with Gasteiger partial charge in [0.25, 0.3) is 5.91 Å². The van der Waals surface area contributed by atoms with Crippen LogP contribution in [-0.2, 0) is 0 Å². The van der Waals surface area contributed by atoms with Crippen LogP contribution in [0.15, 0.2) is 27.1 Å². The quantitative estimate of drug-likeness (QED) is 0.771. The van der Waals surface area contributed by atoms with Crippen LogP contribution in [0, 0.1) is 0 Å². The molecule has 15 heavy (non-hydrogen) atoms. The molecule has 1 unspecified atom stereocenters. The fourth-order valence-electron chi connectivity index (χ4n) is 1.00. The number of halogens is 3. The first-order valence-corrected chi connectivity index (χ1v) is 6.88. The summed E-state index contributed by atoms with van der Waals surface area (Å²) in [5.74, 6) is -0.0746. The molecule has 0 bridgehead atoms. The second-order valence-corrected chi connectivity index (χ2v) is 6.45. The Morgan fingerprint density at radius 1 is 1.47 bits per heavy atom. The molecular weight excluding hydrogens is 390 g/mol. The van der Waals surface area contributed by atoms with Crippen LogP contribution >= 0.6 is 47.8 Å². The first-order chi connectivity index (χ1) is 7.00. The van der Waals surface area contributed by atoms with Gasteiger partial charge in [0.05, 0.1) is 5.56 Å². The number of amides is 1. The summed E-state index contributed by atoms with van der Waals surface area (Å²) in [6.07, 6.45) is 0. The molecule has 0 radical (unpaired) electrons. The molecule has 5 heteroatoms. The highest BCUT2D eigenvalue weighted by Gasteiger charge is 2.10. The molecular formula is C10H10Br3NO. The monoisotopic (exact) mass is 397 g/mol. The van der Waals surface area contributed by atoms with Gasteiger partial charge in [0, 0.05) is 20.3 Å². The molecule has 0 aliphatic carbocycles. The van der Waals surface area contributed by atoms with Crippen LogP contribution in [0.25, 0.3) is 0 Å². The predicted molar refractivity (Wildman–Crippen MR) is 72.6 cm³/mol. The predicted octanol–water partition coefficient (Wildman–Crippen LogP) is 3.72. The molecule has 0 aliphatic heterocycles. The van der Waals surface area contributed by atoms with Crippen LogP contribution in [0.1, 0.15) is 17.3 Å². The highest BCUT2D eigenvalue weighted by molar-refractivity contribution is 9.11. The van der Waals surface area contributed by atoms with E-state index < -0.39 is 0 Å². The van der Waals surface area contributed by atoms with Crippen molar-refractivity contribution in [3.8, 4) is 0 Å². The summed E-state index contributed by atoms with van der Waals surface area (Å²) in [4.78, 5) is 12.0. The average molecular weight is 400 g/mol. The molecule has 0 aliphatic rings. The molecule has 0 aromatic heterocycles. The lowest BCUT2D eigenvalue weighted by atomic mass is 10.2. The second kappa shape index (κ2) is 6.01. The van der Waals surface area contributed by atoms with Crippen molar-refractivity contribution in [2.45, 2.75) is 11.8 Å². The van der Waals surface area contributed by atoms with E-state index in [2.05, 4.69) is 53.1 Å². The Kier molecular flexibility index (Phi) is 5.29. The van der Waals surface area contributed by atoms with E-state index in [-0.39, 0.29) is 10.7 Å². The molecule has 0 saturated heterocycles. The Morgan fingerprint density at radius 2 is 2.13 bits per heavy atom. The maximum Gasteiger partial charge on any atom is 0.252 e. The molecule has 0 spiro atoms. The van der Waals surface area contributed by atoms with Crippen molar-refractivity contribution in [2.75, 3.05) is 6.54 Å². The summed E-state index contributed by atoms with van der Waals surface area (Å²) < 4.78 is 1.69. The number of alkyl halides is 1. The summed E-state index contributed by atoms with van der Waals surface area (Å²) in [6, 6.07) is 5.52. The lowest BCUT2D eigenvalue weighted by Crippen LogP contribution is -2.28. The van der Waals surface area contributed by atoms with Crippen LogP contribution in [-0.4, -0.2) is 17.3 Å². The summed E-state index contributed by atoms with van der Waals surface area (Å²) in [5.41, 5.74) is 0.637. The molecule has 0 saturated carbocycles. The highest BCUT2D eigenvalue weighted by atomic mass is 79.9. The zero-order valence-corrected chi connectivity index (χ0v) is 12.8. The minimum atomic E-state index is -0.0746. The van der Waals surface area contributed by atoms with Gasteiger partial charge in [-0.15, -0.1) is 0 Å². The smallest absolute Gasteiger partial charge is 0.252 e. The van der Waals surface area contributed by atoms with Gasteiger partial charge in [-0.1, -0.05) is 38.8 Å². The van der Waals surface area contributed by atoms with Gasteiger partial charge in [0.1, 0.15) is 0 Å². The minimum absolute atomic E-state index is 0.0746. The van der Waals surface area contributed by atoms with E-state index in [1.165, 1.54) is 0 Å². The molecule has 2 nitrogen and oxygen atoms in total. The Morgan fingerprint density at radius 3 is 2.73 bits per heavy atom. The van der Waals surface area contributed by atoms with Gasteiger partial charge >= 0.3 is 0 Å². The third-order valence-electron chi connectivity index (χ3n) is 1.72. The Bertz CT molecular complexity index is 366. The highest BCUT2D eigenvalue weighted by Crippen LogP contribution is 2.21. The van der Waals surface area contributed by atoms with Crippen molar-refractivity contribution in [3.05, 3.63) is 32.7 Å². The summed E-state index contributed by atoms with van der Waals surface area (Å²) in [5, 5.41) is 2.83. The molecule has 1 N–H and O–H groups in total. The summed E-state index contributed by atoms with van der Waals surface area (Å²) in [7, 11) is 0. The van der Waals surface area contributed by atoms with Crippen molar-refractivity contribution >= 4 is 53.7 Å². The number of carbonyl (C=O) groups excluding carboxylic acids is 1. The van der Waals surface area contributed by atoms with Crippen molar-refractivity contribution < 1.29 is 4.79 Å². The number of hydrogen-bond donors (Lipinski definition) is 1. The average Bonchev–Trinajstić information content (AvgIpc) is 2.18. The van der Waals surface area contributed by atoms with E-state index >= 15 is 0 Å². The van der Waals surface area contributed by atoms with Crippen LogP contribution in [0.2, 0.25) is 0 Å². The lowest BCUT2D eigenvalue weighted by Gasteiger charge is -2.08. The first-order valence-electron chi connectivity index (χ1n) is 4.38. The van der Waals surface area contributed by atoms with E-state index in [9.17, 15) is 4.79 Å². The Balaban J connectivity index is 2.77. The maximum absolute atomic E-state index is 11.7. The molecule has 82 valence electrons. The largest absolute Gasteiger partial charge is 0.351 e. The fourth-order valence-corrected chi connectivity index (χ4v) is 1.95. The maximum atomic E-state index is 11.7. The third-order valence-corrected chi connectivity index (χ3v) is 3.23. The van der Waals surface area contributed by atoms with Gasteiger partial charge in [-0.2, -0.15) is 0 Å². The van der Waals surface area contributed by atoms with Gasteiger partial charge in [-0.25, -0.2) is 0 Å². The molecule has 1 rings (SSSR count). The van der Waals surface area contributed by atoms with Crippen LogP contribution in [0.3, 0.4) is 0 Å². The van der Waals surface area contributed by atoms with Crippen LogP contribution < -0.4 is 5.32 Å². The van der Waals surface area contributed by atoms with Crippen molar-refractivity contribution in [2.24, 2.45) is 0 Å². The molecule has 1 amide bonds. The molecule has 1 atom stereocenters. The van der Waals surface area contributed by atoms with Crippen molar-refractivity contribution in [3.63, 3.8) is 0 Å². The Hall–Kier alpha value is 0.130. The topological polar surface area (TPSA) is 29.1 Å². The van der Waals surface area contributed by atoms with Crippen molar-refractivity contribution in [1.29, 1.82) is 0 Å². The summed E-state index contributed by atoms with van der Waals surface area (Å²) in [6.45, 7) is 2.59. The molecule has 0 fully saturated rings. The van der Waals surface area contributed by atoms with E-state index in [1.807, 2.05) is 19.1 Å². The van der Waals surface area contributed by atoms with Gasteiger partial charge < -0.3 is 5.32 Å². The standard InChI is InChI=1S/C10H10Br3NO/c1-6(11)5-14-10(15)8-4-7(12)2-3-9(8)13/h2-4,6H,5H2,1H3,(H,14,15). The third kappa shape index (κ3) is 4.25. The zero-order valence-electron chi connectivity index (χ0n) is 8.06. The molecule has 1 aromatic rings. The minimum Gasteiger partial charge on any atom is -0.351 e. The lowest BCUT2D eigenvalue weighted by molar-refractivity contribution is 0.0953. The number of hydrogen-bond acceptors (Lipinski definition) is 1. The summed E-state index contributed by atoms with van der Waals surface area (Å²) >= 11 is 10.1. The van der Waals surface area contributed by atoms with E-state index in [4.69, 9.17) is 0 Å². The molecule has 0 heterocycles. The van der Waals surface area contributed by atoms with Gasteiger partial charge in [0.15, 0.2) is 0 Å². The number of benzene rings is 1. The number of carbonyl (C=O) groups is 1. The first kappa shape index (κ1) is 13.2.